The zero-order chi connectivity index (χ0) is 10.7. The van der Waals surface area contributed by atoms with Gasteiger partial charge in [0.15, 0.2) is 5.82 Å². The maximum Gasteiger partial charge on any atom is 0.165 e. The molecule has 14 heavy (non-hydrogen) atoms. The average Bonchev–Trinajstić information content (AvgIpc) is 2.45. The highest BCUT2D eigenvalue weighted by atomic mass is 15.9. The molecule has 0 aromatic carbocycles. The van der Waals surface area contributed by atoms with Crippen LogP contribution >= 0.6 is 0 Å². The second-order valence-electron chi connectivity index (χ2n) is 3.44. The molecule has 0 atom stereocenters. The molecule has 0 unspecified atom stereocenters. The molecule has 0 saturated heterocycles. The van der Waals surface area contributed by atoms with Crippen LogP contribution in [0.2, 0.25) is 0 Å². The summed E-state index contributed by atoms with van der Waals surface area (Å²) >= 11 is 0. The molecule has 0 aromatic heterocycles. The van der Waals surface area contributed by atoms with Gasteiger partial charge in [0.2, 0.25) is 0 Å². The van der Waals surface area contributed by atoms with Crippen LogP contribution in [0, 0.1) is 0 Å². The Morgan fingerprint density at radius 1 is 1.50 bits per heavy atom. The van der Waals surface area contributed by atoms with Crippen LogP contribution in [0.4, 0.5) is 0 Å². The molecule has 0 bridgehead atoms. The number of allylic oxidation sites excluding steroid dienone is 1. The maximum atomic E-state index is 3.97. The van der Waals surface area contributed by atoms with Gasteiger partial charge in [-0.2, -0.15) is 0 Å². The predicted molar refractivity (Wildman–Crippen MR) is 59.0 cm³/mol. The fourth-order valence-corrected chi connectivity index (χ4v) is 1.43. The largest absolute Gasteiger partial charge is 0.289 e. The molecule has 1 aliphatic heterocycles. The predicted octanol–water partition coefficient (Wildman–Crippen LogP) is 1.81. The minimum atomic E-state index is 0.409. The molecule has 78 valence electrons. The quantitative estimate of drug-likeness (QED) is 0.640. The smallest absolute Gasteiger partial charge is 0.165 e. The van der Waals surface area contributed by atoms with E-state index in [0.29, 0.717) is 6.04 Å². The van der Waals surface area contributed by atoms with E-state index < -0.39 is 0 Å². The first-order valence-electron chi connectivity index (χ1n) is 4.74. The summed E-state index contributed by atoms with van der Waals surface area (Å²) in [5.74, 6) is 0.847. The van der Waals surface area contributed by atoms with Gasteiger partial charge >= 0.3 is 0 Å². The van der Waals surface area contributed by atoms with Crippen molar-refractivity contribution in [1.29, 1.82) is 0 Å². The van der Waals surface area contributed by atoms with Crippen LogP contribution in [0.15, 0.2) is 29.3 Å². The van der Waals surface area contributed by atoms with Crippen molar-refractivity contribution in [3.8, 4) is 0 Å². The number of hydrogen-bond donors (Lipinski definition) is 0. The molecule has 0 amide bonds. The molecule has 4 nitrogen and oxygen atoms in total. The lowest BCUT2D eigenvalue weighted by Gasteiger charge is -2.33. The molecule has 1 aliphatic rings. The zero-order valence-electron chi connectivity index (χ0n) is 9.31. The van der Waals surface area contributed by atoms with E-state index in [1.165, 1.54) is 0 Å². The highest BCUT2D eigenvalue weighted by molar-refractivity contribution is 5.29. The Labute approximate surface area is 85.8 Å². The van der Waals surface area contributed by atoms with Crippen molar-refractivity contribution in [3.05, 3.63) is 24.3 Å². The summed E-state index contributed by atoms with van der Waals surface area (Å²) in [5, 5.41) is 6.06. The highest BCUT2D eigenvalue weighted by Crippen LogP contribution is 2.22. The fraction of sp³-hybridized carbons (Fsp3) is 0.500. The first-order valence-corrected chi connectivity index (χ1v) is 4.74. The second kappa shape index (κ2) is 4.28. The summed E-state index contributed by atoms with van der Waals surface area (Å²) in [7, 11) is 1.99. The summed E-state index contributed by atoms with van der Waals surface area (Å²) in [4.78, 5) is 3.97. The zero-order valence-corrected chi connectivity index (χ0v) is 9.31. The molecule has 1 rings (SSSR count). The minimum absolute atomic E-state index is 0.409. The van der Waals surface area contributed by atoms with E-state index in [2.05, 4.69) is 30.6 Å². The monoisotopic (exact) mass is 194 g/mol. The number of aliphatic imine (C=N–C) groups is 1. The molecular formula is C10H18N4. The number of rotatable bonds is 3. The molecule has 0 fully saturated rings. The van der Waals surface area contributed by atoms with Gasteiger partial charge in [0.25, 0.3) is 0 Å². The van der Waals surface area contributed by atoms with Gasteiger partial charge in [-0.1, -0.05) is 6.08 Å². The fourth-order valence-electron chi connectivity index (χ4n) is 1.43. The van der Waals surface area contributed by atoms with Crippen molar-refractivity contribution in [2.45, 2.75) is 26.8 Å². The SMILES string of the molecule is C=NC1=CN(C(C)C)N(C)N1/C=C\C. The third-order valence-electron chi connectivity index (χ3n) is 2.11. The average molecular weight is 194 g/mol. The van der Waals surface area contributed by atoms with Gasteiger partial charge in [-0.05, 0) is 27.5 Å². The van der Waals surface area contributed by atoms with Gasteiger partial charge in [0.05, 0.1) is 6.20 Å². The van der Waals surface area contributed by atoms with E-state index in [1.54, 1.807) is 0 Å². The lowest BCUT2D eigenvalue weighted by atomic mass is 10.4. The molecule has 0 aromatic rings. The summed E-state index contributed by atoms with van der Waals surface area (Å²) in [5.41, 5.74) is 0. The standard InChI is InChI=1S/C10H18N4/c1-6-7-13-10(11-4)8-14(9(2)3)12(13)5/h6-9H,4H2,1-3,5H3/b7-6-. The Kier molecular flexibility index (Phi) is 3.30. The van der Waals surface area contributed by atoms with Crippen LogP contribution in [0.1, 0.15) is 20.8 Å². The normalized spacial score (nSPS) is 18.5. The van der Waals surface area contributed by atoms with Crippen molar-refractivity contribution in [2.24, 2.45) is 4.99 Å². The minimum Gasteiger partial charge on any atom is -0.289 e. The summed E-state index contributed by atoms with van der Waals surface area (Å²) in [6, 6.07) is 0.409. The Morgan fingerprint density at radius 2 is 2.14 bits per heavy atom. The summed E-state index contributed by atoms with van der Waals surface area (Å²) in [6.45, 7) is 9.80. The van der Waals surface area contributed by atoms with Gasteiger partial charge in [0, 0.05) is 19.3 Å². The van der Waals surface area contributed by atoms with Gasteiger partial charge in [0.1, 0.15) is 0 Å². The van der Waals surface area contributed by atoms with Crippen molar-refractivity contribution in [2.75, 3.05) is 7.05 Å². The molecular weight excluding hydrogens is 176 g/mol. The van der Waals surface area contributed by atoms with Crippen LogP contribution in [-0.4, -0.2) is 34.9 Å². The lowest BCUT2D eigenvalue weighted by molar-refractivity contribution is -0.0789. The summed E-state index contributed by atoms with van der Waals surface area (Å²) in [6.07, 6.45) is 5.92. The van der Waals surface area contributed by atoms with Crippen LogP contribution < -0.4 is 0 Å². The van der Waals surface area contributed by atoms with Gasteiger partial charge in [-0.15, -0.1) is 5.12 Å². The van der Waals surface area contributed by atoms with E-state index in [-0.39, 0.29) is 0 Å². The van der Waals surface area contributed by atoms with E-state index >= 15 is 0 Å². The van der Waals surface area contributed by atoms with Crippen LogP contribution in [0.25, 0.3) is 0 Å². The summed E-state index contributed by atoms with van der Waals surface area (Å²) < 4.78 is 0. The van der Waals surface area contributed by atoms with E-state index in [9.17, 15) is 0 Å². The molecule has 1 heterocycles. The van der Waals surface area contributed by atoms with E-state index in [0.717, 1.165) is 5.82 Å². The van der Waals surface area contributed by atoms with E-state index in [1.807, 2.05) is 42.6 Å². The van der Waals surface area contributed by atoms with Crippen molar-refractivity contribution >= 4 is 6.72 Å². The lowest BCUT2D eigenvalue weighted by Crippen LogP contribution is -2.42. The van der Waals surface area contributed by atoms with Crippen LogP contribution in [0.5, 0.6) is 0 Å². The highest BCUT2D eigenvalue weighted by Gasteiger charge is 2.26. The first-order chi connectivity index (χ1) is 6.61. The maximum absolute atomic E-state index is 3.97. The first kappa shape index (κ1) is 10.8. The van der Waals surface area contributed by atoms with Crippen LogP contribution in [0.3, 0.4) is 0 Å². The molecule has 0 N–H and O–H groups in total. The molecule has 0 aliphatic carbocycles. The number of hydrogen-bond acceptors (Lipinski definition) is 4. The van der Waals surface area contributed by atoms with Crippen molar-refractivity contribution in [3.63, 3.8) is 0 Å². The third-order valence-corrected chi connectivity index (χ3v) is 2.11. The van der Waals surface area contributed by atoms with Crippen molar-refractivity contribution < 1.29 is 0 Å². The topological polar surface area (TPSA) is 22.1 Å². The molecule has 0 spiro atoms. The van der Waals surface area contributed by atoms with Gasteiger partial charge in [-0.3, -0.25) is 5.01 Å². The van der Waals surface area contributed by atoms with Crippen LogP contribution in [-0.2, 0) is 0 Å². The Hall–Kier alpha value is -1.29. The Bertz CT molecular complexity index is 267. The Morgan fingerprint density at radius 3 is 2.57 bits per heavy atom. The number of hydrazine groups is 2. The van der Waals surface area contributed by atoms with E-state index in [4.69, 9.17) is 0 Å². The van der Waals surface area contributed by atoms with Gasteiger partial charge in [-0.25, -0.2) is 10.0 Å². The third kappa shape index (κ3) is 1.80. The molecule has 0 saturated carbocycles. The van der Waals surface area contributed by atoms with Gasteiger partial charge < -0.3 is 0 Å². The molecule has 0 radical (unpaired) electrons. The second-order valence-corrected chi connectivity index (χ2v) is 3.44. The molecule has 4 heteroatoms. The number of nitrogens with zero attached hydrogens (tertiary/aromatic N) is 4. The van der Waals surface area contributed by atoms with Crippen molar-refractivity contribution in [1.82, 2.24) is 15.1 Å². The Balaban J connectivity index is 2.90.